The summed E-state index contributed by atoms with van der Waals surface area (Å²) in [7, 11) is 0. The number of ether oxygens (including phenoxy) is 1. The van der Waals surface area contributed by atoms with Crippen molar-refractivity contribution in [2.45, 2.75) is 33.7 Å². The van der Waals surface area contributed by atoms with Crippen LogP contribution >= 0.6 is 0 Å². The molecule has 2 N–H and O–H groups in total. The van der Waals surface area contributed by atoms with Crippen molar-refractivity contribution in [1.82, 2.24) is 10.6 Å². The molecule has 2 amide bonds. The van der Waals surface area contributed by atoms with Gasteiger partial charge in [-0.05, 0) is 24.0 Å². The molecule has 0 aliphatic carbocycles. The third-order valence-corrected chi connectivity index (χ3v) is 3.30. The Kier molecular flexibility index (Phi) is 7.95. The smallest absolute Gasteiger partial charge is 0.329 e. The van der Waals surface area contributed by atoms with Gasteiger partial charge in [-0.3, -0.25) is 9.59 Å². The first-order valence-electron chi connectivity index (χ1n) is 8.10. The Labute approximate surface area is 143 Å². The van der Waals surface area contributed by atoms with E-state index in [0.29, 0.717) is 18.0 Å². The predicted octanol–water partition coefficient (Wildman–Crippen LogP) is 1.76. The van der Waals surface area contributed by atoms with Gasteiger partial charge in [0.25, 0.3) is 11.8 Å². The largest absolute Gasteiger partial charge is 0.454 e. The van der Waals surface area contributed by atoms with Gasteiger partial charge in [-0.2, -0.15) is 0 Å². The van der Waals surface area contributed by atoms with Crippen molar-refractivity contribution >= 4 is 17.8 Å². The number of carbonyl (C=O) groups is 3. The van der Waals surface area contributed by atoms with Gasteiger partial charge in [0.05, 0.1) is 0 Å². The molecule has 0 fully saturated rings. The van der Waals surface area contributed by atoms with Crippen LogP contribution in [0, 0.1) is 11.8 Å². The molecule has 1 aromatic rings. The van der Waals surface area contributed by atoms with Crippen molar-refractivity contribution in [2.75, 3.05) is 13.2 Å². The summed E-state index contributed by atoms with van der Waals surface area (Å²) in [6.07, 6.45) is 0. The van der Waals surface area contributed by atoms with E-state index in [-0.39, 0.29) is 24.3 Å². The van der Waals surface area contributed by atoms with E-state index < -0.39 is 12.0 Å². The number of rotatable bonds is 8. The minimum absolute atomic E-state index is 0.163. The van der Waals surface area contributed by atoms with E-state index in [1.807, 2.05) is 13.8 Å². The van der Waals surface area contributed by atoms with Crippen LogP contribution in [0.25, 0.3) is 0 Å². The van der Waals surface area contributed by atoms with Crippen molar-refractivity contribution in [3.63, 3.8) is 0 Å². The van der Waals surface area contributed by atoms with Crippen LogP contribution in [0.5, 0.6) is 0 Å². The maximum Gasteiger partial charge on any atom is 0.329 e. The molecular weight excluding hydrogens is 308 g/mol. The number of hydrogen-bond donors (Lipinski definition) is 2. The Morgan fingerprint density at radius 2 is 1.67 bits per heavy atom. The lowest BCUT2D eigenvalue weighted by Gasteiger charge is -2.20. The van der Waals surface area contributed by atoms with Crippen molar-refractivity contribution in [2.24, 2.45) is 11.8 Å². The molecule has 0 aliphatic heterocycles. The fourth-order valence-electron chi connectivity index (χ4n) is 1.91. The van der Waals surface area contributed by atoms with Crippen LogP contribution in [0.15, 0.2) is 30.3 Å². The van der Waals surface area contributed by atoms with E-state index in [0.717, 1.165) is 0 Å². The Hall–Kier alpha value is -2.37. The molecule has 0 bridgehead atoms. The van der Waals surface area contributed by atoms with Crippen LogP contribution in [-0.2, 0) is 14.3 Å². The molecule has 0 radical (unpaired) electrons. The second-order valence-electron chi connectivity index (χ2n) is 6.37. The van der Waals surface area contributed by atoms with Crippen molar-refractivity contribution in [3.05, 3.63) is 35.9 Å². The highest BCUT2D eigenvalue weighted by Gasteiger charge is 2.26. The van der Waals surface area contributed by atoms with Crippen LogP contribution in [-0.4, -0.2) is 37.0 Å². The SMILES string of the molecule is CC(C)CNC(=O)COC(=O)[C@@H](NC(=O)c1ccccc1)C(C)C. The van der Waals surface area contributed by atoms with Crippen molar-refractivity contribution in [3.8, 4) is 0 Å². The summed E-state index contributed by atoms with van der Waals surface area (Å²) >= 11 is 0. The molecule has 6 heteroatoms. The number of benzene rings is 1. The molecule has 0 saturated heterocycles. The normalized spacial score (nSPS) is 11.9. The minimum atomic E-state index is -0.810. The number of amides is 2. The van der Waals surface area contributed by atoms with E-state index in [1.165, 1.54) is 0 Å². The van der Waals surface area contributed by atoms with Gasteiger partial charge in [0.1, 0.15) is 6.04 Å². The highest BCUT2D eigenvalue weighted by molar-refractivity contribution is 5.97. The third-order valence-electron chi connectivity index (χ3n) is 3.30. The van der Waals surface area contributed by atoms with Crippen LogP contribution < -0.4 is 10.6 Å². The molecule has 24 heavy (non-hydrogen) atoms. The van der Waals surface area contributed by atoms with Crippen LogP contribution in [0.3, 0.4) is 0 Å². The monoisotopic (exact) mass is 334 g/mol. The molecule has 0 saturated carbocycles. The predicted molar refractivity (Wildman–Crippen MR) is 91.3 cm³/mol. The highest BCUT2D eigenvalue weighted by atomic mass is 16.5. The average Bonchev–Trinajstić information content (AvgIpc) is 2.55. The first kappa shape index (κ1) is 19.7. The van der Waals surface area contributed by atoms with E-state index in [2.05, 4.69) is 10.6 Å². The van der Waals surface area contributed by atoms with Crippen molar-refractivity contribution < 1.29 is 19.1 Å². The first-order chi connectivity index (χ1) is 11.3. The van der Waals surface area contributed by atoms with Gasteiger partial charge in [-0.1, -0.05) is 45.9 Å². The van der Waals surface area contributed by atoms with Gasteiger partial charge in [0.15, 0.2) is 6.61 Å². The molecule has 132 valence electrons. The number of esters is 1. The molecule has 1 atom stereocenters. The maximum absolute atomic E-state index is 12.2. The summed E-state index contributed by atoms with van der Waals surface area (Å²) in [4.78, 5) is 36.0. The van der Waals surface area contributed by atoms with Crippen molar-refractivity contribution in [1.29, 1.82) is 0 Å². The van der Waals surface area contributed by atoms with E-state index >= 15 is 0 Å². The van der Waals surface area contributed by atoms with Gasteiger partial charge in [-0.25, -0.2) is 4.79 Å². The van der Waals surface area contributed by atoms with Gasteiger partial charge >= 0.3 is 5.97 Å². The lowest BCUT2D eigenvalue weighted by molar-refractivity contribution is -0.151. The minimum Gasteiger partial charge on any atom is -0.454 e. The molecule has 0 spiro atoms. The number of hydrogen-bond acceptors (Lipinski definition) is 4. The second-order valence-corrected chi connectivity index (χ2v) is 6.37. The summed E-state index contributed by atoms with van der Waals surface area (Å²) in [5.74, 6) is -1.17. The summed E-state index contributed by atoms with van der Waals surface area (Å²) < 4.78 is 5.03. The summed E-state index contributed by atoms with van der Waals surface area (Å²) in [6.45, 7) is 7.72. The highest BCUT2D eigenvalue weighted by Crippen LogP contribution is 2.07. The average molecular weight is 334 g/mol. The second kappa shape index (κ2) is 9.70. The quantitative estimate of drug-likeness (QED) is 0.710. The van der Waals surface area contributed by atoms with Gasteiger partial charge in [-0.15, -0.1) is 0 Å². The fourth-order valence-corrected chi connectivity index (χ4v) is 1.91. The Bertz CT molecular complexity index is 555. The topological polar surface area (TPSA) is 84.5 Å². The van der Waals surface area contributed by atoms with E-state index in [9.17, 15) is 14.4 Å². The molecule has 6 nitrogen and oxygen atoms in total. The molecule has 1 aromatic carbocycles. The standard InChI is InChI=1S/C18H26N2O4/c1-12(2)10-19-15(21)11-24-18(23)16(13(3)4)20-17(22)14-8-6-5-7-9-14/h5-9,12-13,16H,10-11H2,1-4H3,(H,19,21)(H,20,22)/t16-/m0/s1. The van der Waals surface area contributed by atoms with E-state index in [4.69, 9.17) is 4.74 Å². The molecule has 0 unspecified atom stereocenters. The molecule has 0 aliphatic rings. The number of nitrogens with one attached hydrogen (secondary N) is 2. The molecule has 0 aromatic heterocycles. The molecular formula is C18H26N2O4. The lowest BCUT2D eigenvalue weighted by Crippen LogP contribution is -2.46. The lowest BCUT2D eigenvalue weighted by atomic mass is 10.0. The van der Waals surface area contributed by atoms with Crippen LogP contribution in [0.1, 0.15) is 38.1 Å². The number of carbonyl (C=O) groups excluding carboxylic acids is 3. The third kappa shape index (κ3) is 6.81. The van der Waals surface area contributed by atoms with Gasteiger partial charge in [0.2, 0.25) is 0 Å². The fraction of sp³-hybridized carbons (Fsp3) is 0.500. The summed E-state index contributed by atoms with van der Waals surface area (Å²) in [5.41, 5.74) is 0.464. The Morgan fingerprint density at radius 3 is 2.21 bits per heavy atom. The van der Waals surface area contributed by atoms with Crippen LogP contribution in [0.2, 0.25) is 0 Å². The van der Waals surface area contributed by atoms with Gasteiger partial charge < -0.3 is 15.4 Å². The zero-order valence-electron chi connectivity index (χ0n) is 14.7. The Morgan fingerprint density at radius 1 is 1.04 bits per heavy atom. The summed E-state index contributed by atoms with van der Waals surface area (Å²) in [6, 6.07) is 7.82. The maximum atomic E-state index is 12.2. The zero-order chi connectivity index (χ0) is 18.1. The first-order valence-corrected chi connectivity index (χ1v) is 8.10. The van der Waals surface area contributed by atoms with Gasteiger partial charge in [0, 0.05) is 12.1 Å². The van der Waals surface area contributed by atoms with E-state index in [1.54, 1.807) is 44.2 Å². The molecule has 0 heterocycles. The Balaban J connectivity index is 2.56. The molecule has 1 rings (SSSR count). The van der Waals surface area contributed by atoms with Crippen LogP contribution in [0.4, 0.5) is 0 Å². The summed E-state index contributed by atoms with van der Waals surface area (Å²) in [5, 5.41) is 5.33. The zero-order valence-corrected chi connectivity index (χ0v) is 14.7.